The molecule has 0 aromatic heterocycles. The number of nitrogen functional groups attached to an aromatic ring is 1. The molecule has 0 unspecified atom stereocenters. The van der Waals surface area contributed by atoms with Crippen molar-refractivity contribution >= 4 is 23.1 Å². The van der Waals surface area contributed by atoms with Crippen LogP contribution in [0.1, 0.15) is 11.1 Å². The van der Waals surface area contributed by atoms with Crippen LogP contribution in [0.25, 0.3) is 0 Å². The van der Waals surface area contributed by atoms with Gasteiger partial charge in [-0.3, -0.25) is 0 Å². The molecular weight excluding hydrogens is 352 g/mol. The van der Waals surface area contributed by atoms with Gasteiger partial charge in [-0.25, -0.2) is 4.79 Å². The van der Waals surface area contributed by atoms with Crippen molar-refractivity contribution in [1.82, 2.24) is 0 Å². The molecule has 4 N–H and O–H groups in total. The number of carbonyl (C=O) groups excluding carboxylic acids is 1. The Morgan fingerprint density at radius 2 is 1.32 bits per heavy atom. The quantitative estimate of drug-likeness (QED) is 0.522. The Morgan fingerprint density at radius 1 is 0.800 bits per heavy atom. The number of nitrogens with one attached hydrogen (secondary N) is 2. The molecule has 134 valence electrons. The molecule has 10 heteroatoms. The summed E-state index contributed by atoms with van der Waals surface area (Å²) in [4.78, 5) is 11.8. The second-order valence-electron chi connectivity index (χ2n) is 5.00. The summed E-state index contributed by atoms with van der Waals surface area (Å²) >= 11 is 0. The van der Waals surface area contributed by atoms with Crippen molar-refractivity contribution < 1.29 is 31.1 Å². The first-order valence-electron chi connectivity index (χ1n) is 6.68. The smallest absolute Gasteiger partial charge is 0.399 e. The lowest BCUT2D eigenvalue weighted by Crippen LogP contribution is -2.20. The zero-order valence-electron chi connectivity index (χ0n) is 12.3. The fourth-order valence-corrected chi connectivity index (χ4v) is 1.94. The lowest BCUT2D eigenvalue weighted by molar-refractivity contribution is -0.143. The minimum Gasteiger partial charge on any atom is -0.399 e. The van der Waals surface area contributed by atoms with Crippen LogP contribution < -0.4 is 16.4 Å². The molecule has 0 aliphatic heterocycles. The van der Waals surface area contributed by atoms with E-state index in [2.05, 4.69) is 5.32 Å². The number of urea groups is 1. The number of hydrogen-bond donors (Lipinski definition) is 3. The lowest BCUT2D eigenvalue weighted by atomic mass is 10.1. The van der Waals surface area contributed by atoms with E-state index in [-0.39, 0.29) is 11.8 Å². The summed E-state index contributed by atoms with van der Waals surface area (Å²) in [5, 5.41) is 4.20. The van der Waals surface area contributed by atoms with Gasteiger partial charge in [0.2, 0.25) is 0 Å². The predicted octanol–water partition coefficient (Wildman–Crippen LogP) is 4.95. The van der Waals surface area contributed by atoms with E-state index < -0.39 is 35.2 Å². The fraction of sp³-hybridized carbons (Fsp3) is 0.133. The second kappa shape index (κ2) is 6.54. The molecule has 2 aromatic rings. The molecule has 2 amide bonds. The number of alkyl halides is 6. The maximum absolute atomic E-state index is 12.8. The van der Waals surface area contributed by atoms with E-state index >= 15 is 0 Å². The molecule has 0 saturated carbocycles. The first kappa shape index (κ1) is 18.4. The summed E-state index contributed by atoms with van der Waals surface area (Å²) in [6.07, 6.45) is -10.00. The molecule has 2 rings (SSSR count). The van der Waals surface area contributed by atoms with Gasteiger partial charge in [-0.1, -0.05) is 6.07 Å². The van der Waals surface area contributed by atoms with Crippen molar-refractivity contribution in [2.24, 2.45) is 0 Å². The van der Waals surface area contributed by atoms with Crippen molar-refractivity contribution in [3.63, 3.8) is 0 Å². The van der Waals surface area contributed by atoms with Gasteiger partial charge in [-0.15, -0.1) is 0 Å². The summed E-state index contributed by atoms with van der Waals surface area (Å²) in [6.45, 7) is 0. The van der Waals surface area contributed by atoms with Gasteiger partial charge in [0.15, 0.2) is 0 Å². The Labute approximate surface area is 137 Å². The molecule has 4 nitrogen and oxygen atoms in total. The predicted molar refractivity (Wildman–Crippen MR) is 79.9 cm³/mol. The Kier molecular flexibility index (Phi) is 4.82. The van der Waals surface area contributed by atoms with Crippen molar-refractivity contribution in [1.29, 1.82) is 0 Å². The molecule has 0 saturated heterocycles. The van der Waals surface area contributed by atoms with Gasteiger partial charge in [0.25, 0.3) is 0 Å². The average molecular weight is 363 g/mol. The van der Waals surface area contributed by atoms with E-state index in [4.69, 9.17) is 5.73 Å². The molecule has 0 fully saturated rings. The molecule has 0 aliphatic carbocycles. The summed E-state index contributed by atoms with van der Waals surface area (Å²) < 4.78 is 76.5. The first-order chi connectivity index (χ1) is 11.4. The van der Waals surface area contributed by atoms with Crippen molar-refractivity contribution in [2.75, 3.05) is 16.4 Å². The molecule has 0 spiro atoms. The number of halogens is 6. The van der Waals surface area contributed by atoms with Gasteiger partial charge < -0.3 is 16.4 Å². The third kappa shape index (κ3) is 5.03. The van der Waals surface area contributed by atoms with Crippen LogP contribution in [0.4, 0.5) is 48.2 Å². The SMILES string of the molecule is Nc1cccc(NC(=O)Nc2cc(C(F)(F)F)cc(C(F)(F)F)c2)c1. The normalized spacial score (nSPS) is 11.9. The topological polar surface area (TPSA) is 67.1 Å². The summed E-state index contributed by atoms with van der Waals surface area (Å²) in [5.41, 5.74) is 2.34. The third-order valence-electron chi connectivity index (χ3n) is 2.99. The minimum absolute atomic E-state index is 0.0268. The van der Waals surface area contributed by atoms with Gasteiger partial charge in [0.1, 0.15) is 0 Å². The third-order valence-corrected chi connectivity index (χ3v) is 2.99. The molecule has 0 aliphatic rings. The van der Waals surface area contributed by atoms with Crippen LogP contribution >= 0.6 is 0 Å². The number of rotatable bonds is 2. The van der Waals surface area contributed by atoms with E-state index in [0.29, 0.717) is 17.8 Å². The maximum Gasteiger partial charge on any atom is 0.416 e. The first-order valence-corrected chi connectivity index (χ1v) is 6.68. The highest BCUT2D eigenvalue weighted by atomic mass is 19.4. The van der Waals surface area contributed by atoms with E-state index in [1.54, 1.807) is 0 Å². The molecule has 0 radical (unpaired) electrons. The van der Waals surface area contributed by atoms with Crippen molar-refractivity contribution in [2.45, 2.75) is 12.4 Å². The van der Waals surface area contributed by atoms with Gasteiger partial charge in [-0.05, 0) is 36.4 Å². The number of amides is 2. The van der Waals surface area contributed by atoms with Crippen LogP contribution in [-0.2, 0) is 12.4 Å². The van der Waals surface area contributed by atoms with Gasteiger partial charge in [-0.2, -0.15) is 26.3 Å². The van der Waals surface area contributed by atoms with Crippen LogP contribution in [0.3, 0.4) is 0 Å². The zero-order valence-corrected chi connectivity index (χ0v) is 12.3. The van der Waals surface area contributed by atoms with Gasteiger partial charge >= 0.3 is 18.4 Å². The Hall–Kier alpha value is -2.91. The highest BCUT2D eigenvalue weighted by Crippen LogP contribution is 2.37. The lowest BCUT2D eigenvalue weighted by Gasteiger charge is -2.15. The van der Waals surface area contributed by atoms with E-state index in [1.165, 1.54) is 24.3 Å². The summed E-state index contributed by atoms with van der Waals surface area (Å²) in [5.74, 6) is 0. The fourth-order valence-electron chi connectivity index (χ4n) is 1.94. The maximum atomic E-state index is 12.8. The highest BCUT2D eigenvalue weighted by Gasteiger charge is 2.37. The number of carbonyl (C=O) groups is 1. The number of nitrogens with two attached hydrogens (primary N) is 1. The number of anilines is 3. The van der Waals surface area contributed by atoms with E-state index in [1.807, 2.05) is 5.32 Å². The van der Waals surface area contributed by atoms with Crippen LogP contribution in [0.5, 0.6) is 0 Å². The van der Waals surface area contributed by atoms with Crippen LogP contribution in [-0.4, -0.2) is 6.03 Å². The van der Waals surface area contributed by atoms with E-state index in [9.17, 15) is 31.1 Å². The molecule has 0 heterocycles. The number of benzene rings is 2. The van der Waals surface area contributed by atoms with Crippen LogP contribution in [0.15, 0.2) is 42.5 Å². The molecule has 25 heavy (non-hydrogen) atoms. The highest BCUT2D eigenvalue weighted by molar-refractivity contribution is 6.00. The Balaban J connectivity index is 2.27. The van der Waals surface area contributed by atoms with Gasteiger partial charge in [0, 0.05) is 17.1 Å². The monoisotopic (exact) mass is 363 g/mol. The van der Waals surface area contributed by atoms with Crippen molar-refractivity contribution in [3.8, 4) is 0 Å². The zero-order chi connectivity index (χ0) is 18.8. The number of hydrogen-bond acceptors (Lipinski definition) is 2. The molecular formula is C15H11F6N3O. The second-order valence-corrected chi connectivity index (χ2v) is 5.00. The summed E-state index contributed by atoms with van der Waals surface area (Å²) in [7, 11) is 0. The Bertz CT molecular complexity index is 753. The van der Waals surface area contributed by atoms with Gasteiger partial charge in [0.05, 0.1) is 11.1 Å². The molecule has 2 aromatic carbocycles. The molecule has 0 atom stereocenters. The standard InChI is InChI=1S/C15H11F6N3O/c16-14(17,18)8-4-9(15(19,20)21)6-12(5-8)24-13(25)23-11-3-1-2-10(22)7-11/h1-7H,22H2,(H2,23,24,25). The minimum atomic E-state index is -5.00. The molecule has 0 bridgehead atoms. The average Bonchev–Trinajstić information content (AvgIpc) is 2.44. The van der Waals surface area contributed by atoms with Crippen LogP contribution in [0, 0.1) is 0 Å². The Morgan fingerprint density at radius 3 is 1.80 bits per heavy atom. The summed E-state index contributed by atoms with van der Waals surface area (Å²) in [6, 6.07) is 5.64. The van der Waals surface area contributed by atoms with E-state index in [0.717, 1.165) is 0 Å². The van der Waals surface area contributed by atoms with Crippen molar-refractivity contribution in [3.05, 3.63) is 53.6 Å². The van der Waals surface area contributed by atoms with Crippen LogP contribution in [0.2, 0.25) is 0 Å². The largest absolute Gasteiger partial charge is 0.416 e.